The second-order valence-electron chi connectivity index (χ2n) is 8.63. The number of carbonyl (C=O) groups excluding carboxylic acids is 1. The smallest absolute Gasteiger partial charge is 0.342 e. The van der Waals surface area contributed by atoms with Crippen LogP contribution in [0, 0.1) is 6.92 Å². The Kier molecular flexibility index (Phi) is 5.66. The minimum absolute atomic E-state index is 0.132. The monoisotopic (exact) mass is 481 g/mol. The average Bonchev–Trinajstić information content (AvgIpc) is 3.28. The number of nitrogens with one attached hydrogen (secondary N) is 1. The highest BCUT2D eigenvalue weighted by atomic mass is 19.4. The minimum atomic E-state index is -4.61. The summed E-state index contributed by atoms with van der Waals surface area (Å²) in [5, 5.41) is 4.09. The van der Waals surface area contributed by atoms with Gasteiger partial charge in [0.25, 0.3) is 5.91 Å². The fourth-order valence-corrected chi connectivity index (χ4v) is 4.51. The number of aromatic nitrogens is 4. The van der Waals surface area contributed by atoms with Crippen molar-refractivity contribution in [3.8, 4) is 5.69 Å². The molecule has 1 N–H and O–H groups in total. The molecule has 7 nitrogen and oxygen atoms in total. The second kappa shape index (κ2) is 8.68. The molecule has 2 aromatic carbocycles. The van der Waals surface area contributed by atoms with Gasteiger partial charge in [-0.3, -0.25) is 9.59 Å². The number of rotatable bonds is 3. The lowest BCUT2D eigenvalue weighted by atomic mass is 9.96. The van der Waals surface area contributed by atoms with Crippen molar-refractivity contribution in [3.63, 3.8) is 0 Å². The molecule has 1 aliphatic heterocycles. The molecule has 35 heavy (non-hydrogen) atoms. The van der Waals surface area contributed by atoms with Crippen LogP contribution in [0.5, 0.6) is 0 Å². The molecule has 1 saturated heterocycles. The maximum absolute atomic E-state index is 13.6. The van der Waals surface area contributed by atoms with Crippen molar-refractivity contribution in [1.29, 1.82) is 0 Å². The quantitative estimate of drug-likeness (QED) is 0.469. The van der Waals surface area contributed by atoms with Crippen molar-refractivity contribution >= 4 is 16.9 Å². The average molecular weight is 481 g/mol. The van der Waals surface area contributed by atoms with E-state index in [0.717, 1.165) is 33.7 Å². The van der Waals surface area contributed by atoms with Gasteiger partial charge < -0.3 is 9.88 Å². The van der Waals surface area contributed by atoms with Crippen LogP contribution in [0.15, 0.2) is 59.4 Å². The van der Waals surface area contributed by atoms with E-state index in [-0.39, 0.29) is 17.3 Å². The molecular weight excluding hydrogens is 459 g/mol. The van der Waals surface area contributed by atoms with Crippen LogP contribution in [0.1, 0.15) is 46.3 Å². The third-order valence-corrected chi connectivity index (χ3v) is 6.32. The molecule has 2 aromatic heterocycles. The third-order valence-electron chi connectivity index (χ3n) is 6.32. The number of aromatic amines is 1. The first kappa shape index (κ1) is 22.8. The number of piperidine rings is 1. The summed E-state index contributed by atoms with van der Waals surface area (Å²) in [6, 6.07) is 13.8. The fraction of sp³-hybridized carbons (Fsp3) is 0.280. The van der Waals surface area contributed by atoms with Gasteiger partial charge in [0, 0.05) is 30.8 Å². The molecule has 3 heterocycles. The van der Waals surface area contributed by atoms with E-state index in [0.29, 0.717) is 25.9 Å². The van der Waals surface area contributed by atoms with Crippen molar-refractivity contribution < 1.29 is 18.0 Å². The Bertz CT molecular complexity index is 1430. The summed E-state index contributed by atoms with van der Waals surface area (Å²) < 4.78 is 41.7. The van der Waals surface area contributed by atoms with Gasteiger partial charge in [0.1, 0.15) is 5.82 Å². The predicted octanol–water partition coefficient (Wildman–Crippen LogP) is 4.46. The molecule has 0 spiro atoms. The third kappa shape index (κ3) is 4.31. The molecule has 0 bridgehead atoms. The zero-order valence-electron chi connectivity index (χ0n) is 18.8. The number of aryl methyl sites for hydroxylation is 1. The Balaban J connectivity index is 1.39. The second-order valence-corrected chi connectivity index (χ2v) is 8.63. The predicted molar refractivity (Wildman–Crippen MR) is 124 cm³/mol. The molecule has 0 unspecified atom stereocenters. The van der Waals surface area contributed by atoms with Crippen molar-refractivity contribution in [2.45, 2.75) is 31.9 Å². The van der Waals surface area contributed by atoms with Gasteiger partial charge in [-0.1, -0.05) is 24.3 Å². The highest BCUT2D eigenvalue weighted by Crippen LogP contribution is 2.34. The number of alkyl halides is 3. The van der Waals surface area contributed by atoms with E-state index in [1.54, 1.807) is 0 Å². The molecule has 0 aliphatic carbocycles. The SMILES string of the molecule is Cc1cc(=O)c(C(=O)N2CCC(c3nc4ccccc4[nH]3)CC2)nn1-c1ccccc1C(F)(F)F. The largest absolute Gasteiger partial charge is 0.418 e. The van der Waals surface area contributed by atoms with Crippen LogP contribution in [-0.4, -0.2) is 43.6 Å². The van der Waals surface area contributed by atoms with E-state index < -0.39 is 28.8 Å². The standard InChI is InChI=1S/C25H22F3N5O2/c1-15-14-21(34)22(31-33(15)20-9-5-2-6-17(20)25(26,27)28)24(35)32-12-10-16(11-13-32)23-29-18-7-3-4-8-19(18)30-23/h2-9,14,16H,10-13H2,1H3,(H,29,30). The molecule has 180 valence electrons. The van der Waals surface area contributed by atoms with Crippen LogP contribution < -0.4 is 5.43 Å². The molecule has 1 fully saturated rings. The Morgan fingerprint density at radius 3 is 2.46 bits per heavy atom. The van der Waals surface area contributed by atoms with Gasteiger partial charge in [-0.15, -0.1) is 0 Å². The van der Waals surface area contributed by atoms with Crippen LogP contribution in [0.2, 0.25) is 0 Å². The Morgan fingerprint density at radius 2 is 1.74 bits per heavy atom. The van der Waals surface area contributed by atoms with Crippen LogP contribution in [0.4, 0.5) is 13.2 Å². The summed E-state index contributed by atoms with van der Waals surface area (Å²) >= 11 is 0. The number of amides is 1. The molecule has 0 radical (unpaired) electrons. The number of fused-ring (bicyclic) bond motifs is 1. The first-order valence-electron chi connectivity index (χ1n) is 11.2. The van der Waals surface area contributed by atoms with Crippen LogP contribution in [0.3, 0.4) is 0 Å². The number of nitrogens with zero attached hydrogens (tertiary/aromatic N) is 4. The van der Waals surface area contributed by atoms with E-state index >= 15 is 0 Å². The van der Waals surface area contributed by atoms with Crippen molar-refractivity contribution in [2.24, 2.45) is 0 Å². The first-order chi connectivity index (χ1) is 16.7. The lowest BCUT2D eigenvalue weighted by Gasteiger charge is -2.31. The summed E-state index contributed by atoms with van der Waals surface area (Å²) in [5.41, 5.74) is -0.122. The Labute approximate surface area is 198 Å². The Hall–Kier alpha value is -3.95. The first-order valence-corrected chi connectivity index (χ1v) is 11.2. The number of hydrogen-bond acceptors (Lipinski definition) is 4. The van der Waals surface area contributed by atoms with Crippen molar-refractivity contribution in [2.75, 3.05) is 13.1 Å². The summed E-state index contributed by atoms with van der Waals surface area (Å²) in [6.07, 6.45) is -3.33. The lowest BCUT2D eigenvalue weighted by molar-refractivity contribution is -0.137. The topological polar surface area (TPSA) is 83.9 Å². The van der Waals surface area contributed by atoms with E-state index in [1.165, 1.54) is 30.0 Å². The van der Waals surface area contributed by atoms with Crippen molar-refractivity contribution in [1.82, 2.24) is 24.6 Å². The summed E-state index contributed by atoms with van der Waals surface area (Å²) in [4.78, 5) is 35.3. The maximum atomic E-state index is 13.6. The van der Waals surface area contributed by atoms with E-state index in [4.69, 9.17) is 0 Å². The van der Waals surface area contributed by atoms with Gasteiger partial charge >= 0.3 is 6.18 Å². The Morgan fingerprint density at radius 1 is 1.06 bits per heavy atom. The number of benzene rings is 2. The zero-order valence-corrected chi connectivity index (χ0v) is 18.8. The number of H-pyrrole nitrogens is 1. The van der Waals surface area contributed by atoms with Gasteiger partial charge in [-0.2, -0.15) is 18.3 Å². The molecule has 1 aliphatic rings. The number of halogens is 3. The molecular formula is C25H22F3N5O2. The van der Waals surface area contributed by atoms with Gasteiger partial charge in [0.15, 0.2) is 5.69 Å². The van der Waals surface area contributed by atoms with E-state index in [1.807, 2.05) is 24.3 Å². The maximum Gasteiger partial charge on any atom is 0.418 e. The highest BCUT2D eigenvalue weighted by Gasteiger charge is 2.35. The number of carbonyl (C=O) groups is 1. The van der Waals surface area contributed by atoms with Crippen LogP contribution >= 0.6 is 0 Å². The summed E-state index contributed by atoms with van der Waals surface area (Å²) in [6.45, 7) is 2.25. The van der Waals surface area contributed by atoms with Crippen LogP contribution in [-0.2, 0) is 6.18 Å². The fourth-order valence-electron chi connectivity index (χ4n) is 4.51. The molecule has 1 amide bonds. The molecule has 0 atom stereocenters. The van der Waals surface area contributed by atoms with E-state index in [2.05, 4.69) is 15.1 Å². The van der Waals surface area contributed by atoms with Gasteiger partial charge in [0.2, 0.25) is 5.43 Å². The number of hydrogen-bond donors (Lipinski definition) is 1. The minimum Gasteiger partial charge on any atom is -0.342 e. The number of para-hydroxylation sites is 3. The van der Waals surface area contributed by atoms with Crippen LogP contribution in [0.25, 0.3) is 16.7 Å². The molecule has 0 saturated carbocycles. The van der Waals surface area contributed by atoms with Gasteiger partial charge in [-0.05, 0) is 44.0 Å². The molecule has 5 rings (SSSR count). The number of imidazole rings is 1. The van der Waals surface area contributed by atoms with E-state index in [9.17, 15) is 22.8 Å². The molecule has 4 aromatic rings. The van der Waals surface area contributed by atoms with Crippen molar-refractivity contribution in [3.05, 3.63) is 87.6 Å². The normalized spacial score (nSPS) is 15.0. The van der Waals surface area contributed by atoms with Gasteiger partial charge in [0.05, 0.1) is 22.3 Å². The summed E-state index contributed by atoms with van der Waals surface area (Å²) in [5.74, 6) is 0.405. The van der Waals surface area contributed by atoms with Gasteiger partial charge in [-0.25, -0.2) is 9.67 Å². The lowest BCUT2D eigenvalue weighted by Crippen LogP contribution is -2.41. The number of likely N-dealkylation sites (tertiary alicyclic amines) is 1. The zero-order chi connectivity index (χ0) is 24.7. The molecule has 10 heteroatoms. The highest BCUT2D eigenvalue weighted by molar-refractivity contribution is 5.92. The summed E-state index contributed by atoms with van der Waals surface area (Å²) in [7, 11) is 0.